The Bertz CT molecular complexity index is 724. The van der Waals surface area contributed by atoms with Crippen LogP contribution in [0, 0.1) is 0 Å². The van der Waals surface area contributed by atoms with Gasteiger partial charge in [-0.05, 0) is 38.5 Å². The van der Waals surface area contributed by atoms with Crippen molar-refractivity contribution in [3.05, 3.63) is 0 Å². The average Bonchev–Trinajstić information content (AvgIpc) is 3.22. The van der Waals surface area contributed by atoms with Crippen molar-refractivity contribution in [2.75, 3.05) is 0 Å². The van der Waals surface area contributed by atoms with E-state index in [-0.39, 0.29) is 65.9 Å². The maximum absolute atomic E-state index is 10.2. The van der Waals surface area contributed by atoms with Gasteiger partial charge in [0.05, 0.1) is 0 Å². The minimum absolute atomic E-state index is 0. The molecule has 369 valence electrons. The molecule has 0 heterocycles. The predicted octanol–water partition coefficient (Wildman–Crippen LogP) is 12.0. The van der Waals surface area contributed by atoms with Crippen molar-refractivity contribution in [2.45, 2.75) is 329 Å². The molecule has 0 rings (SSSR count). The van der Waals surface area contributed by atoms with Crippen molar-refractivity contribution in [3.8, 4) is 0 Å². The van der Waals surface area contributed by atoms with E-state index in [1.54, 1.807) is 0 Å². The molecule has 0 atom stereocenters. The van der Waals surface area contributed by atoms with Crippen molar-refractivity contribution in [1.29, 1.82) is 0 Å². The minimum Gasteiger partial charge on any atom is -0.550 e. The van der Waals surface area contributed by atoms with Gasteiger partial charge in [0, 0.05) is 17.9 Å². The van der Waals surface area contributed by atoms with Crippen LogP contribution >= 0.6 is 0 Å². The van der Waals surface area contributed by atoms with E-state index in [1.807, 2.05) is 0 Å². The van der Waals surface area contributed by atoms with E-state index < -0.39 is 17.9 Å². The fraction of sp³-hybridized carbons (Fsp3) is 0.944. The summed E-state index contributed by atoms with van der Waals surface area (Å²) in [5, 5.41) is 30.7. The van der Waals surface area contributed by atoms with Crippen LogP contribution in [-0.4, -0.2) is 17.9 Å². The second kappa shape index (κ2) is 67.5. The van der Waals surface area contributed by atoms with Crippen LogP contribution < -0.4 is 44.9 Å². The molecule has 0 aromatic carbocycles. The summed E-state index contributed by atoms with van der Waals surface area (Å²) in [7, 11) is 0. The zero-order chi connectivity index (χ0) is 44.7. The maximum atomic E-state index is 10.2. The average molecular weight is 937 g/mol. The summed E-state index contributed by atoms with van der Waals surface area (Å²) in [6, 6.07) is 0. The third kappa shape index (κ3) is 80.2. The molecule has 0 unspecified atom stereocenters. The van der Waals surface area contributed by atoms with E-state index in [0.717, 1.165) is 38.5 Å². The normalized spacial score (nSPS) is 10.5. The Morgan fingerprint density at radius 1 is 0.226 bits per heavy atom. The molecule has 6 nitrogen and oxygen atoms in total. The van der Waals surface area contributed by atoms with Gasteiger partial charge in [-0.3, -0.25) is 0 Å². The molecule has 0 aliphatic heterocycles. The number of carboxylic acids is 3. The Morgan fingerprint density at radius 3 is 0.419 bits per heavy atom. The zero-order valence-corrected chi connectivity index (χ0v) is 45.1. The van der Waals surface area contributed by atoms with Crippen LogP contribution in [0.4, 0.5) is 0 Å². The molecule has 0 aromatic heterocycles. The molecule has 0 N–H and O–H groups in total. The van der Waals surface area contributed by atoms with Crippen molar-refractivity contribution in [3.63, 3.8) is 0 Å². The summed E-state index contributed by atoms with van der Waals surface area (Å²) in [6.07, 6.45) is 59.6. The third-order valence-corrected chi connectivity index (χ3v) is 12.0. The van der Waals surface area contributed by atoms with Gasteiger partial charge >= 0.3 is 46.6 Å². The van der Waals surface area contributed by atoms with Gasteiger partial charge in [0.2, 0.25) is 0 Å². The summed E-state index contributed by atoms with van der Waals surface area (Å²) in [4.78, 5) is 30.7. The second-order valence-corrected chi connectivity index (χ2v) is 18.2. The first kappa shape index (κ1) is 70.9. The number of rotatable bonds is 48. The van der Waals surface area contributed by atoms with E-state index >= 15 is 0 Å². The van der Waals surface area contributed by atoms with Gasteiger partial charge in [-0.15, -0.1) is 0 Å². The van der Waals surface area contributed by atoms with Gasteiger partial charge in [-0.1, -0.05) is 290 Å². The monoisotopic (exact) mass is 936 g/mol. The maximum Gasteiger partial charge on any atom is 2.00 e. The van der Waals surface area contributed by atoms with Crippen LogP contribution in [0.25, 0.3) is 0 Å². The molecule has 0 saturated heterocycles. The largest absolute Gasteiger partial charge is 2.00 e. The summed E-state index contributed by atoms with van der Waals surface area (Å²) >= 11 is 0. The summed E-state index contributed by atoms with van der Waals surface area (Å²) in [6.45, 7) is 6.80. The molecule has 8 heteroatoms. The standard InChI is InChI=1S/3C18H36O2.Cu.Na/c3*1-2-3-4-5-6-7-8-9-10-11-12-13-14-15-16-17-18(19)20;;/h3*2-17H2,1H3,(H,19,20);;/q;;;+2;+1/p-3. The molecule has 1 radical (unpaired) electrons. The van der Waals surface area contributed by atoms with E-state index in [9.17, 15) is 29.7 Å². The number of unbranched alkanes of at least 4 members (excludes halogenated alkanes) is 42. The van der Waals surface area contributed by atoms with Gasteiger partial charge in [0.25, 0.3) is 0 Å². The number of carboxylic acid groups (broad SMARTS) is 3. The fourth-order valence-corrected chi connectivity index (χ4v) is 7.92. The summed E-state index contributed by atoms with van der Waals surface area (Å²) < 4.78 is 0. The van der Waals surface area contributed by atoms with Crippen molar-refractivity contribution in [1.82, 2.24) is 0 Å². The van der Waals surface area contributed by atoms with Gasteiger partial charge in [0.15, 0.2) is 0 Å². The molecular weight excluding hydrogens is 831 g/mol. The molecule has 0 aliphatic rings. The molecule has 62 heavy (non-hydrogen) atoms. The Morgan fingerprint density at radius 2 is 0.323 bits per heavy atom. The molecule has 0 amide bonds. The third-order valence-electron chi connectivity index (χ3n) is 12.0. The molecule has 0 fully saturated rings. The number of carbonyl (C=O) groups is 3. The van der Waals surface area contributed by atoms with Crippen LogP contribution in [0.15, 0.2) is 0 Å². The number of hydrogen-bond acceptors (Lipinski definition) is 6. The number of aliphatic carboxylic acids is 3. The van der Waals surface area contributed by atoms with Crippen LogP contribution in [0.3, 0.4) is 0 Å². The van der Waals surface area contributed by atoms with Gasteiger partial charge in [-0.2, -0.15) is 0 Å². The van der Waals surface area contributed by atoms with Crippen LogP contribution in [0.1, 0.15) is 329 Å². The second-order valence-electron chi connectivity index (χ2n) is 18.2. The quantitative estimate of drug-likeness (QED) is 0.0443. The fourth-order valence-electron chi connectivity index (χ4n) is 7.92. The molecule has 0 aliphatic carbocycles. The van der Waals surface area contributed by atoms with E-state index in [2.05, 4.69) is 20.8 Å². The first-order chi connectivity index (χ1) is 29.3. The van der Waals surface area contributed by atoms with Crippen LogP contribution in [0.5, 0.6) is 0 Å². The molecule has 0 spiro atoms. The Balaban J connectivity index is -0.000000258. The van der Waals surface area contributed by atoms with Gasteiger partial charge in [0.1, 0.15) is 0 Å². The Labute approximate surface area is 420 Å². The number of carbonyl (C=O) groups excluding carboxylic acids is 3. The zero-order valence-electron chi connectivity index (χ0n) is 42.2. The molecular formula is C54H105CuNaO6. The molecule has 0 bridgehead atoms. The summed E-state index contributed by atoms with van der Waals surface area (Å²) in [5.74, 6) is -2.71. The van der Waals surface area contributed by atoms with E-state index in [0.29, 0.717) is 0 Å². The summed E-state index contributed by atoms with van der Waals surface area (Å²) in [5.41, 5.74) is 0. The first-order valence-electron chi connectivity index (χ1n) is 26.9. The van der Waals surface area contributed by atoms with E-state index in [4.69, 9.17) is 0 Å². The SMILES string of the molecule is CCCCCCCCCCCCCCCCCC(=O)[O-].CCCCCCCCCCCCCCCCCC(=O)[O-].CCCCCCCCCCCCCCCCCC(=O)[O-].[Cu+2].[Na+]. The molecule has 0 aromatic rings. The minimum atomic E-state index is -0.903. The Hall–Kier alpha value is -0.0705. The topological polar surface area (TPSA) is 120 Å². The molecule has 0 saturated carbocycles. The predicted molar refractivity (Wildman–Crippen MR) is 254 cm³/mol. The van der Waals surface area contributed by atoms with Crippen molar-refractivity contribution in [2.24, 2.45) is 0 Å². The van der Waals surface area contributed by atoms with E-state index in [1.165, 1.54) is 250 Å². The van der Waals surface area contributed by atoms with Crippen molar-refractivity contribution >= 4 is 17.9 Å². The van der Waals surface area contributed by atoms with Crippen molar-refractivity contribution < 1.29 is 76.3 Å². The van der Waals surface area contributed by atoms with Crippen LogP contribution in [-0.2, 0) is 31.5 Å². The van der Waals surface area contributed by atoms with Gasteiger partial charge < -0.3 is 29.7 Å². The number of hydrogen-bond donors (Lipinski definition) is 0. The van der Waals surface area contributed by atoms with Crippen LogP contribution in [0.2, 0.25) is 0 Å². The van der Waals surface area contributed by atoms with Gasteiger partial charge in [-0.25, -0.2) is 0 Å². The Kier molecular flexibility index (Phi) is 77.3. The smallest absolute Gasteiger partial charge is 0.550 e. The first-order valence-corrected chi connectivity index (χ1v) is 26.9.